The van der Waals surface area contributed by atoms with E-state index < -0.39 is 27.8 Å². The largest absolute Gasteiger partial charge is 0.444 e. The molecule has 0 N–H and O–H groups in total. The first kappa shape index (κ1) is 24.1. The van der Waals surface area contributed by atoms with Gasteiger partial charge in [0.05, 0.1) is 21.3 Å². The van der Waals surface area contributed by atoms with Gasteiger partial charge in [-0.25, -0.2) is 9.18 Å². The molecule has 0 radical (unpaired) electrons. The normalized spacial score (nSPS) is 24.7. The molecule has 1 aliphatic heterocycles. The summed E-state index contributed by atoms with van der Waals surface area (Å²) in [4.78, 5) is 14.2. The summed E-state index contributed by atoms with van der Waals surface area (Å²) in [7, 11) is -1.31. The maximum absolute atomic E-state index is 14.3. The van der Waals surface area contributed by atoms with Gasteiger partial charge >= 0.3 is 6.09 Å². The molecule has 29 heavy (non-hydrogen) atoms. The van der Waals surface area contributed by atoms with Gasteiger partial charge in [-0.1, -0.05) is 13.0 Å². The second-order valence-electron chi connectivity index (χ2n) is 9.04. The standard InChI is InChI=1S/C22H36FNO4S/c1-6-22(12-9-19(29(5)26)18(23)16-22)27-15-7-8-17-10-13-24(14-11-17)20(25)28-21(2,3)4/h9,16-17H,6-8,10-15H2,1-5H3. The molecule has 0 aromatic heterocycles. The Hall–Kier alpha value is -1.21. The third-order valence-electron chi connectivity index (χ3n) is 5.58. The summed E-state index contributed by atoms with van der Waals surface area (Å²) in [5.41, 5.74) is -1.09. The molecule has 2 rings (SSSR count). The van der Waals surface area contributed by atoms with Gasteiger partial charge in [0.1, 0.15) is 11.4 Å². The van der Waals surface area contributed by atoms with E-state index >= 15 is 0 Å². The number of carbonyl (C=O) groups is 1. The molecule has 0 bridgehead atoms. The minimum atomic E-state index is -1.31. The Kier molecular flexibility index (Phi) is 8.47. The molecular formula is C22H36FNO4S. The van der Waals surface area contributed by atoms with Crippen LogP contribution in [0.15, 0.2) is 22.9 Å². The van der Waals surface area contributed by atoms with Crippen LogP contribution in [0.1, 0.15) is 66.2 Å². The molecule has 5 nitrogen and oxygen atoms in total. The highest BCUT2D eigenvalue weighted by molar-refractivity contribution is 7.88. The van der Waals surface area contributed by atoms with Gasteiger partial charge in [0, 0.05) is 26.0 Å². The molecule has 1 fully saturated rings. The van der Waals surface area contributed by atoms with Gasteiger partial charge in [-0.05, 0) is 71.3 Å². The van der Waals surface area contributed by atoms with Crippen LogP contribution in [-0.4, -0.2) is 52.4 Å². The van der Waals surface area contributed by atoms with Crippen LogP contribution in [0.25, 0.3) is 0 Å². The fourth-order valence-electron chi connectivity index (χ4n) is 3.81. The lowest BCUT2D eigenvalue weighted by molar-refractivity contribution is -0.0157. The van der Waals surface area contributed by atoms with E-state index in [2.05, 4.69) is 0 Å². The van der Waals surface area contributed by atoms with Crippen molar-refractivity contribution in [3.8, 4) is 0 Å². The molecule has 0 aromatic carbocycles. The SMILES string of the molecule is CCC1(OCCCC2CCN(C(=O)OC(C)(C)C)CC2)C=C(F)C(S(C)=O)=CC1. The van der Waals surface area contributed by atoms with Gasteiger partial charge in [-0.2, -0.15) is 0 Å². The third kappa shape index (κ3) is 7.21. The number of allylic oxidation sites excluding steroid dienone is 1. The van der Waals surface area contributed by atoms with Crippen molar-refractivity contribution >= 4 is 16.9 Å². The van der Waals surface area contributed by atoms with Gasteiger partial charge in [0.25, 0.3) is 0 Å². The van der Waals surface area contributed by atoms with Gasteiger partial charge in [0.2, 0.25) is 0 Å². The van der Waals surface area contributed by atoms with Crippen molar-refractivity contribution in [1.29, 1.82) is 0 Å². The van der Waals surface area contributed by atoms with E-state index in [4.69, 9.17) is 9.47 Å². The maximum atomic E-state index is 14.3. The zero-order valence-electron chi connectivity index (χ0n) is 18.5. The number of hydrogen-bond acceptors (Lipinski definition) is 4. The summed E-state index contributed by atoms with van der Waals surface area (Å²) in [5, 5.41) is 0. The van der Waals surface area contributed by atoms with Gasteiger partial charge < -0.3 is 14.4 Å². The molecule has 7 heteroatoms. The van der Waals surface area contributed by atoms with E-state index in [1.165, 1.54) is 12.3 Å². The van der Waals surface area contributed by atoms with Crippen molar-refractivity contribution in [3.05, 3.63) is 22.9 Å². The maximum Gasteiger partial charge on any atom is 0.410 e. The zero-order chi connectivity index (χ0) is 21.7. The lowest BCUT2D eigenvalue weighted by Crippen LogP contribution is -2.41. The van der Waals surface area contributed by atoms with E-state index in [0.717, 1.165) is 38.8 Å². The van der Waals surface area contributed by atoms with E-state index in [0.29, 0.717) is 25.4 Å². The second-order valence-corrected chi connectivity index (χ2v) is 10.4. The lowest BCUT2D eigenvalue weighted by atomic mass is 9.91. The van der Waals surface area contributed by atoms with Crippen molar-refractivity contribution in [2.45, 2.75) is 77.4 Å². The van der Waals surface area contributed by atoms with Crippen LogP contribution in [0.3, 0.4) is 0 Å². The summed E-state index contributed by atoms with van der Waals surface area (Å²) in [6.45, 7) is 9.66. The van der Waals surface area contributed by atoms with Crippen molar-refractivity contribution in [2.24, 2.45) is 5.92 Å². The van der Waals surface area contributed by atoms with E-state index in [-0.39, 0.29) is 11.0 Å². The second kappa shape index (κ2) is 10.2. The summed E-state index contributed by atoms with van der Waals surface area (Å²) in [5.74, 6) is 0.149. The highest BCUT2D eigenvalue weighted by Gasteiger charge is 2.32. The summed E-state index contributed by atoms with van der Waals surface area (Å²) in [6.07, 6.45) is 9.60. The molecular weight excluding hydrogens is 393 g/mol. The Balaban J connectivity index is 1.72. The van der Waals surface area contributed by atoms with Crippen LogP contribution in [0.4, 0.5) is 9.18 Å². The lowest BCUT2D eigenvalue weighted by Gasteiger charge is -2.34. The van der Waals surface area contributed by atoms with E-state index in [1.54, 1.807) is 11.0 Å². The van der Waals surface area contributed by atoms with Crippen molar-refractivity contribution in [2.75, 3.05) is 26.0 Å². The molecule has 2 atom stereocenters. The number of likely N-dealkylation sites (tertiary alicyclic amines) is 1. The Morgan fingerprint density at radius 3 is 2.52 bits per heavy atom. The van der Waals surface area contributed by atoms with E-state index in [1.807, 2.05) is 27.7 Å². The molecule has 2 aliphatic rings. The van der Waals surface area contributed by atoms with Gasteiger partial charge in [-0.15, -0.1) is 0 Å². The predicted octanol–water partition coefficient (Wildman–Crippen LogP) is 5.10. The minimum Gasteiger partial charge on any atom is -0.444 e. The summed E-state index contributed by atoms with van der Waals surface area (Å²) < 4.78 is 37.3. The summed E-state index contributed by atoms with van der Waals surface area (Å²) in [6, 6.07) is 0. The average Bonchev–Trinajstić information content (AvgIpc) is 2.64. The Morgan fingerprint density at radius 2 is 2.00 bits per heavy atom. The third-order valence-corrected chi connectivity index (χ3v) is 6.56. The van der Waals surface area contributed by atoms with Crippen molar-refractivity contribution < 1.29 is 22.9 Å². The number of carbonyl (C=O) groups excluding carboxylic acids is 1. The molecule has 1 saturated heterocycles. The van der Waals surface area contributed by atoms with Crippen LogP contribution < -0.4 is 0 Å². The Labute approximate surface area is 177 Å². The quantitative estimate of drug-likeness (QED) is 0.529. The number of nitrogens with zero attached hydrogens (tertiary/aromatic N) is 1. The monoisotopic (exact) mass is 429 g/mol. The number of ether oxygens (including phenoxy) is 2. The number of halogens is 1. The fraction of sp³-hybridized carbons (Fsp3) is 0.773. The van der Waals surface area contributed by atoms with Crippen molar-refractivity contribution in [3.63, 3.8) is 0 Å². The molecule has 1 aliphatic carbocycles. The molecule has 0 saturated carbocycles. The Bertz CT molecular complexity index is 662. The van der Waals surface area contributed by atoms with Crippen LogP contribution in [0, 0.1) is 5.92 Å². The highest BCUT2D eigenvalue weighted by atomic mass is 32.2. The van der Waals surface area contributed by atoms with E-state index in [9.17, 15) is 13.4 Å². The van der Waals surface area contributed by atoms with Gasteiger partial charge in [0.15, 0.2) is 0 Å². The molecule has 2 unspecified atom stereocenters. The van der Waals surface area contributed by atoms with Gasteiger partial charge in [-0.3, -0.25) is 4.21 Å². The first-order valence-electron chi connectivity index (χ1n) is 10.6. The number of piperidine rings is 1. The molecule has 1 amide bonds. The first-order chi connectivity index (χ1) is 13.6. The first-order valence-corrected chi connectivity index (χ1v) is 12.2. The minimum absolute atomic E-state index is 0.226. The predicted molar refractivity (Wildman–Crippen MR) is 115 cm³/mol. The molecule has 0 spiro atoms. The summed E-state index contributed by atoms with van der Waals surface area (Å²) >= 11 is 0. The highest BCUT2D eigenvalue weighted by Crippen LogP contribution is 2.34. The molecule has 1 heterocycles. The fourth-order valence-corrected chi connectivity index (χ4v) is 4.46. The van der Waals surface area contributed by atoms with Crippen LogP contribution >= 0.6 is 0 Å². The number of rotatable bonds is 7. The number of amides is 1. The Morgan fingerprint density at radius 1 is 1.34 bits per heavy atom. The average molecular weight is 430 g/mol. The number of hydrogen-bond donors (Lipinski definition) is 0. The van der Waals surface area contributed by atoms with Crippen LogP contribution in [0.5, 0.6) is 0 Å². The smallest absolute Gasteiger partial charge is 0.410 e. The topological polar surface area (TPSA) is 55.8 Å². The molecule has 166 valence electrons. The zero-order valence-corrected chi connectivity index (χ0v) is 19.3. The molecule has 0 aromatic rings. The van der Waals surface area contributed by atoms with Crippen molar-refractivity contribution in [1.82, 2.24) is 4.90 Å². The van der Waals surface area contributed by atoms with Crippen LogP contribution in [0.2, 0.25) is 0 Å². The van der Waals surface area contributed by atoms with Crippen LogP contribution in [-0.2, 0) is 20.3 Å².